The molecule has 38 heavy (non-hydrogen) atoms. The number of halogens is 3. The zero-order chi connectivity index (χ0) is 27.1. The van der Waals surface area contributed by atoms with Crippen molar-refractivity contribution in [3.63, 3.8) is 0 Å². The van der Waals surface area contributed by atoms with Crippen molar-refractivity contribution in [1.29, 1.82) is 5.26 Å². The lowest BCUT2D eigenvalue weighted by molar-refractivity contribution is -0.137. The second-order valence-corrected chi connectivity index (χ2v) is 10.6. The van der Waals surface area contributed by atoms with Crippen LogP contribution in [0.25, 0.3) is 34.0 Å². The van der Waals surface area contributed by atoms with Crippen molar-refractivity contribution in [3.8, 4) is 40.1 Å². The number of rotatable bonds is 5. The highest BCUT2D eigenvalue weighted by atomic mass is 32.2. The standard InChI is InChI=1S/C28H19F3N4O2S/c1-38(36,37)23-8-4-6-20(16-23)19-11-13-21(14-12-19)35-18-26(34-15-5-7-22(34)17-32)33-27(35)24-9-2-3-10-25(24)28(29,30)31/h2-16,18H,1H3. The van der Waals surface area contributed by atoms with Crippen molar-refractivity contribution in [2.45, 2.75) is 11.1 Å². The molecule has 0 saturated carbocycles. The van der Waals surface area contributed by atoms with Crippen molar-refractivity contribution in [2.24, 2.45) is 0 Å². The van der Waals surface area contributed by atoms with E-state index in [0.717, 1.165) is 17.9 Å². The molecule has 0 saturated heterocycles. The van der Waals surface area contributed by atoms with E-state index in [4.69, 9.17) is 0 Å². The van der Waals surface area contributed by atoms with E-state index in [1.807, 2.05) is 6.07 Å². The Hall–Kier alpha value is -4.62. The topological polar surface area (TPSA) is 80.7 Å². The SMILES string of the molecule is CS(=O)(=O)c1cccc(-c2ccc(-n3cc(-n4cccc4C#N)nc3-c3ccccc3C(F)(F)F)cc2)c1. The van der Waals surface area contributed by atoms with Crippen LogP contribution in [0.3, 0.4) is 0 Å². The molecule has 5 rings (SSSR count). The third-order valence-corrected chi connectivity index (χ3v) is 7.13. The highest BCUT2D eigenvalue weighted by Gasteiger charge is 2.34. The van der Waals surface area contributed by atoms with E-state index in [-0.39, 0.29) is 27.8 Å². The Bertz CT molecular complexity index is 1790. The number of sulfone groups is 1. The van der Waals surface area contributed by atoms with Crippen molar-refractivity contribution in [3.05, 3.63) is 109 Å². The van der Waals surface area contributed by atoms with Gasteiger partial charge >= 0.3 is 6.18 Å². The van der Waals surface area contributed by atoms with Gasteiger partial charge < -0.3 is 0 Å². The molecule has 0 spiro atoms. The van der Waals surface area contributed by atoms with Crippen LogP contribution in [0.2, 0.25) is 0 Å². The molecule has 0 N–H and O–H groups in total. The van der Waals surface area contributed by atoms with E-state index < -0.39 is 21.6 Å². The first-order valence-electron chi connectivity index (χ1n) is 11.3. The van der Waals surface area contributed by atoms with E-state index in [0.29, 0.717) is 11.3 Å². The van der Waals surface area contributed by atoms with Gasteiger partial charge in [-0.3, -0.25) is 9.13 Å². The average Bonchev–Trinajstić information content (AvgIpc) is 3.55. The van der Waals surface area contributed by atoms with E-state index >= 15 is 0 Å². The van der Waals surface area contributed by atoms with Crippen LogP contribution in [0.5, 0.6) is 0 Å². The molecule has 2 aromatic heterocycles. The molecule has 190 valence electrons. The zero-order valence-electron chi connectivity index (χ0n) is 19.9. The van der Waals surface area contributed by atoms with Gasteiger partial charge in [0.25, 0.3) is 0 Å². The summed E-state index contributed by atoms with van der Waals surface area (Å²) in [4.78, 5) is 4.69. The number of nitriles is 1. The molecule has 0 unspecified atom stereocenters. The highest BCUT2D eigenvalue weighted by Crippen LogP contribution is 2.38. The van der Waals surface area contributed by atoms with Crippen molar-refractivity contribution in [2.75, 3.05) is 6.26 Å². The first-order valence-corrected chi connectivity index (χ1v) is 13.2. The maximum Gasteiger partial charge on any atom is 0.417 e. The van der Waals surface area contributed by atoms with Crippen LogP contribution in [-0.2, 0) is 16.0 Å². The zero-order valence-corrected chi connectivity index (χ0v) is 20.7. The van der Waals surface area contributed by atoms with Crippen LogP contribution in [0, 0.1) is 11.3 Å². The number of benzene rings is 3. The maximum absolute atomic E-state index is 13.9. The van der Waals surface area contributed by atoms with Crippen LogP contribution in [0.15, 0.2) is 102 Å². The largest absolute Gasteiger partial charge is 0.417 e. The van der Waals surface area contributed by atoms with Crippen LogP contribution in [0.4, 0.5) is 13.2 Å². The predicted octanol–water partition coefficient (Wildman–Crippen LogP) is 6.29. The predicted molar refractivity (Wildman–Crippen MR) is 137 cm³/mol. The molecule has 3 aromatic carbocycles. The average molecular weight is 533 g/mol. The van der Waals surface area contributed by atoms with E-state index in [9.17, 15) is 26.9 Å². The summed E-state index contributed by atoms with van der Waals surface area (Å²) in [5.41, 5.74) is 1.28. The quantitative estimate of drug-likeness (QED) is 0.266. The Morgan fingerprint density at radius 2 is 1.61 bits per heavy atom. The number of imidazole rings is 1. The molecular formula is C28H19F3N4O2S. The molecule has 6 nitrogen and oxygen atoms in total. The second kappa shape index (κ2) is 9.36. The molecule has 0 bridgehead atoms. The molecule has 0 radical (unpaired) electrons. The van der Waals surface area contributed by atoms with E-state index in [1.54, 1.807) is 67.0 Å². The summed E-state index contributed by atoms with van der Waals surface area (Å²) in [6.45, 7) is 0. The second-order valence-electron chi connectivity index (χ2n) is 8.56. The van der Waals surface area contributed by atoms with Gasteiger partial charge in [0.15, 0.2) is 15.7 Å². The van der Waals surface area contributed by atoms with Crippen LogP contribution in [0.1, 0.15) is 11.3 Å². The number of aromatic nitrogens is 3. The summed E-state index contributed by atoms with van der Waals surface area (Å²) in [7, 11) is -3.39. The molecule has 2 heterocycles. The first kappa shape index (κ1) is 25.0. The third kappa shape index (κ3) is 4.71. The molecule has 0 atom stereocenters. The summed E-state index contributed by atoms with van der Waals surface area (Å²) in [5, 5.41) is 9.45. The van der Waals surface area contributed by atoms with Gasteiger partial charge in [0, 0.05) is 23.7 Å². The van der Waals surface area contributed by atoms with Crippen molar-refractivity contribution < 1.29 is 21.6 Å². The van der Waals surface area contributed by atoms with Crippen LogP contribution >= 0.6 is 0 Å². The van der Waals surface area contributed by atoms with Gasteiger partial charge in [0.05, 0.1) is 16.7 Å². The summed E-state index contributed by atoms with van der Waals surface area (Å²) in [6.07, 6.45) is -0.285. The molecule has 5 aromatic rings. The van der Waals surface area contributed by atoms with E-state index in [1.165, 1.54) is 33.4 Å². The Morgan fingerprint density at radius 1 is 0.868 bits per heavy atom. The fourth-order valence-electron chi connectivity index (χ4n) is 4.19. The van der Waals surface area contributed by atoms with E-state index in [2.05, 4.69) is 4.98 Å². The summed E-state index contributed by atoms with van der Waals surface area (Å²) in [6, 6.07) is 23.9. The van der Waals surface area contributed by atoms with Gasteiger partial charge in [-0.25, -0.2) is 13.4 Å². The summed E-state index contributed by atoms with van der Waals surface area (Å²) < 4.78 is 68.6. The van der Waals surface area contributed by atoms with Gasteiger partial charge in [-0.05, 0) is 53.6 Å². The number of hydrogen-bond acceptors (Lipinski definition) is 4. The minimum Gasteiger partial charge on any atom is -0.298 e. The highest BCUT2D eigenvalue weighted by molar-refractivity contribution is 7.90. The van der Waals surface area contributed by atoms with Gasteiger partial charge in [-0.15, -0.1) is 0 Å². The number of alkyl halides is 3. The molecule has 0 aliphatic rings. The normalized spacial score (nSPS) is 11.9. The molecule has 0 amide bonds. The van der Waals surface area contributed by atoms with Gasteiger partial charge in [-0.2, -0.15) is 18.4 Å². The molecule has 0 aliphatic heterocycles. The Labute approximate surface area is 216 Å². The van der Waals surface area contributed by atoms with Crippen LogP contribution in [-0.4, -0.2) is 28.8 Å². The lowest BCUT2D eigenvalue weighted by Gasteiger charge is -2.14. The summed E-state index contributed by atoms with van der Waals surface area (Å²) >= 11 is 0. The van der Waals surface area contributed by atoms with Crippen molar-refractivity contribution in [1.82, 2.24) is 14.1 Å². The fraction of sp³-hybridized carbons (Fsp3) is 0.0714. The van der Waals surface area contributed by atoms with Crippen LogP contribution < -0.4 is 0 Å². The Balaban J connectivity index is 1.66. The molecule has 0 aliphatic carbocycles. The van der Waals surface area contributed by atoms with Gasteiger partial charge in [-0.1, -0.05) is 42.5 Å². The lowest BCUT2D eigenvalue weighted by atomic mass is 10.0. The first-order chi connectivity index (χ1) is 18.1. The smallest absolute Gasteiger partial charge is 0.298 e. The minimum absolute atomic E-state index is 0.0531. The number of hydrogen-bond donors (Lipinski definition) is 0. The lowest BCUT2D eigenvalue weighted by Crippen LogP contribution is -2.09. The number of nitrogens with zero attached hydrogens (tertiary/aromatic N) is 4. The third-order valence-electron chi connectivity index (χ3n) is 6.02. The molecule has 10 heteroatoms. The van der Waals surface area contributed by atoms with Gasteiger partial charge in [0.1, 0.15) is 17.6 Å². The van der Waals surface area contributed by atoms with Crippen molar-refractivity contribution >= 4 is 9.84 Å². The Kier molecular flexibility index (Phi) is 6.17. The Morgan fingerprint density at radius 3 is 2.29 bits per heavy atom. The fourth-order valence-corrected chi connectivity index (χ4v) is 4.86. The monoisotopic (exact) mass is 532 g/mol. The molecular weight excluding hydrogens is 513 g/mol. The maximum atomic E-state index is 13.9. The molecule has 0 fully saturated rings. The van der Waals surface area contributed by atoms with Gasteiger partial charge in [0.2, 0.25) is 0 Å². The summed E-state index contributed by atoms with van der Waals surface area (Å²) in [5.74, 6) is 0.334. The minimum atomic E-state index is -4.60.